The van der Waals surface area contributed by atoms with E-state index in [2.05, 4.69) is 11.1 Å². The zero-order valence-corrected chi connectivity index (χ0v) is 8.44. The summed E-state index contributed by atoms with van der Waals surface area (Å²) in [4.78, 5) is 4.03. The van der Waals surface area contributed by atoms with E-state index in [1.165, 1.54) is 5.56 Å². The molecule has 0 fully saturated rings. The predicted molar refractivity (Wildman–Crippen MR) is 59.1 cm³/mol. The summed E-state index contributed by atoms with van der Waals surface area (Å²) in [5.74, 6) is 0. The van der Waals surface area contributed by atoms with Crippen LogP contribution in [0.25, 0.3) is 11.1 Å². The van der Waals surface area contributed by atoms with Crippen LogP contribution in [-0.4, -0.2) is 4.98 Å². The number of nitriles is 1. The average Bonchev–Trinajstić information content (AvgIpc) is 2.30. The van der Waals surface area contributed by atoms with Gasteiger partial charge in [0.25, 0.3) is 0 Å². The van der Waals surface area contributed by atoms with E-state index in [1.807, 2.05) is 43.3 Å². The zero-order valence-electron chi connectivity index (χ0n) is 8.44. The van der Waals surface area contributed by atoms with E-state index < -0.39 is 0 Å². The van der Waals surface area contributed by atoms with E-state index in [0.717, 1.165) is 11.1 Å². The van der Waals surface area contributed by atoms with E-state index >= 15 is 0 Å². The highest BCUT2D eigenvalue weighted by molar-refractivity contribution is 5.68. The van der Waals surface area contributed by atoms with E-state index in [1.54, 1.807) is 6.20 Å². The summed E-state index contributed by atoms with van der Waals surface area (Å²) in [5, 5.41) is 8.92. The van der Waals surface area contributed by atoms with Gasteiger partial charge in [-0.1, -0.05) is 29.8 Å². The minimum atomic E-state index is 0.473. The van der Waals surface area contributed by atoms with Crippen LogP contribution in [-0.2, 0) is 0 Å². The maximum atomic E-state index is 8.92. The van der Waals surface area contributed by atoms with Crippen molar-refractivity contribution in [3.8, 4) is 17.2 Å². The Kier molecular flexibility index (Phi) is 2.47. The highest BCUT2D eigenvalue weighted by atomic mass is 14.7. The Balaban J connectivity index is 2.55. The SMILES string of the molecule is Cc1ccc(-c2cccnc2C#N)cc1. The molecule has 0 aliphatic heterocycles. The van der Waals surface area contributed by atoms with Crippen molar-refractivity contribution in [2.45, 2.75) is 6.92 Å². The lowest BCUT2D eigenvalue weighted by Gasteiger charge is -2.02. The van der Waals surface area contributed by atoms with E-state index in [4.69, 9.17) is 5.26 Å². The number of aryl methyl sites for hydroxylation is 1. The first-order valence-electron chi connectivity index (χ1n) is 4.73. The number of pyridine rings is 1. The maximum Gasteiger partial charge on any atom is 0.148 e. The molecule has 0 aliphatic carbocycles. The molecule has 0 bridgehead atoms. The van der Waals surface area contributed by atoms with Crippen molar-refractivity contribution < 1.29 is 0 Å². The largest absolute Gasteiger partial charge is 0.245 e. The third-order valence-electron chi connectivity index (χ3n) is 2.28. The number of nitrogens with zero attached hydrogens (tertiary/aromatic N) is 2. The molecular formula is C13H10N2. The van der Waals surface area contributed by atoms with Gasteiger partial charge in [-0.25, -0.2) is 4.98 Å². The first-order valence-corrected chi connectivity index (χ1v) is 4.73. The van der Waals surface area contributed by atoms with Crippen LogP contribution in [0.3, 0.4) is 0 Å². The quantitative estimate of drug-likeness (QED) is 0.699. The second-order valence-electron chi connectivity index (χ2n) is 3.38. The standard InChI is InChI=1S/C13H10N2/c1-10-4-6-11(7-5-10)12-3-2-8-15-13(12)9-14/h2-8H,1H3. The van der Waals surface area contributed by atoms with Gasteiger partial charge in [-0.3, -0.25) is 0 Å². The normalized spacial score (nSPS) is 9.60. The molecule has 2 aromatic rings. The smallest absolute Gasteiger partial charge is 0.148 e. The molecule has 0 saturated heterocycles. The molecule has 0 saturated carbocycles. The molecule has 0 aliphatic rings. The first-order chi connectivity index (χ1) is 7.31. The van der Waals surface area contributed by atoms with Crippen LogP contribution in [0.15, 0.2) is 42.6 Å². The second-order valence-corrected chi connectivity index (χ2v) is 3.38. The van der Waals surface area contributed by atoms with Crippen LogP contribution in [0.4, 0.5) is 0 Å². The highest BCUT2D eigenvalue weighted by Gasteiger charge is 2.03. The van der Waals surface area contributed by atoms with Gasteiger partial charge in [0.05, 0.1) is 0 Å². The van der Waals surface area contributed by atoms with Gasteiger partial charge in [-0.2, -0.15) is 5.26 Å². The van der Waals surface area contributed by atoms with E-state index in [9.17, 15) is 0 Å². The third-order valence-corrected chi connectivity index (χ3v) is 2.28. The van der Waals surface area contributed by atoms with Crippen molar-refractivity contribution in [3.63, 3.8) is 0 Å². The molecule has 0 unspecified atom stereocenters. The van der Waals surface area contributed by atoms with Crippen LogP contribution < -0.4 is 0 Å². The highest BCUT2D eigenvalue weighted by Crippen LogP contribution is 2.21. The van der Waals surface area contributed by atoms with Gasteiger partial charge in [0.1, 0.15) is 11.8 Å². The lowest BCUT2D eigenvalue weighted by molar-refractivity contribution is 1.26. The average molecular weight is 194 g/mol. The lowest BCUT2D eigenvalue weighted by Crippen LogP contribution is -1.87. The number of aromatic nitrogens is 1. The van der Waals surface area contributed by atoms with Crippen LogP contribution in [0, 0.1) is 18.3 Å². The molecule has 0 amide bonds. The Hall–Kier alpha value is -2.14. The molecule has 1 heterocycles. The fraction of sp³-hybridized carbons (Fsp3) is 0.0769. The lowest BCUT2D eigenvalue weighted by atomic mass is 10.0. The molecule has 0 spiro atoms. The molecule has 2 rings (SSSR count). The van der Waals surface area contributed by atoms with E-state index in [-0.39, 0.29) is 0 Å². The van der Waals surface area contributed by atoms with Gasteiger partial charge < -0.3 is 0 Å². The summed E-state index contributed by atoms with van der Waals surface area (Å²) in [7, 11) is 0. The Labute approximate surface area is 88.8 Å². The molecule has 0 radical (unpaired) electrons. The van der Waals surface area contributed by atoms with Crippen molar-refractivity contribution in [2.75, 3.05) is 0 Å². The Morgan fingerprint density at radius 1 is 1.13 bits per heavy atom. The van der Waals surface area contributed by atoms with Gasteiger partial charge in [-0.05, 0) is 24.6 Å². The molecule has 1 aromatic heterocycles. The molecule has 0 atom stereocenters. The molecule has 2 heteroatoms. The van der Waals surface area contributed by atoms with Crippen LogP contribution in [0.1, 0.15) is 11.3 Å². The van der Waals surface area contributed by atoms with Gasteiger partial charge >= 0.3 is 0 Å². The maximum absolute atomic E-state index is 8.92. The van der Waals surface area contributed by atoms with Crippen LogP contribution >= 0.6 is 0 Å². The number of hydrogen-bond acceptors (Lipinski definition) is 2. The summed E-state index contributed by atoms with van der Waals surface area (Å²) in [6.07, 6.45) is 1.64. The Morgan fingerprint density at radius 2 is 1.87 bits per heavy atom. The third kappa shape index (κ3) is 1.87. The van der Waals surface area contributed by atoms with Crippen molar-refractivity contribution in [1.29, 1.82) is 5.26 Å². The van der Waals surface area contributed by atoms with Gasteiger partial charge in [0.15, 0.2) is 0 Å². The monoisotopic (exact) mass is 194 g/mol. The molecule has 2 nitrogen and oxygen atoms in total. The predicted octanol–water partition coefficient (Wildman–Crippen LogP) is 2.93. The molecule has 15 heavy (non-hydrogen) atoms. The van der Waals surface area contributed by atoms with Gasteiger partial charge in [0, 0.05) is 11.8 Å². The first kappa shape index (κ1) is 9.42. The number of hydrogen-bond donors (Lipinski definition) is 0. The van der Waals surface area contributed by atoms with Gasteiger partial charge in [-0.15, -0.1) is 0 Å². The van der Waals surface area contributed by atoms with Crippen molar-refractivity contribution in [2.24, 2.45) is 0 Å². The summed E-state index contributed by atoms with van der Waals surface area (Å²) in [6.45, 7) is 2.04. The zero-order chi connectivity index (χ0) is 10.7. The summed E-state index contributed by atoms with van der Waals surface area (Å²) >= 11 is 0. The second kappa shape index (κ2) is 3.93. The molecule has 0 N–H and O–H groups in total. The Morgan fingerprint density at radius 3 is 2.53 bits per heavy atom. The molecule has 1 aromatic carbocycles. The minimum Gasteiger partial charge on any atom is -0.245 e. The van der Waals surface area contributed by atoms with Crippen molar-refractivity contribution in [3.05, 3.63) is 53.9 Å². The number of rotatable bonds is 1. The minimum absolute atomic E-state index is 0.473. The van der Waals surface area contributed by atoms with Crippen molar-refractivity contribution in [1.82, 2.24) is 4.98 Å². The molecular weight excluding hydrogens is 184 g/mol. The number of benzene rings is 1. The summed E-state index contributed by atoms with van der Waals surface area (Å²) in [6, 6.07) is 13.9. The van der Waals surface area contributed by atoms with E-state index in [0.29, 0.717) is 5.69 Å². The topological polar surface area (TPSA) is 36.7 Å². The van der Waals surface area contributed by atoms with Crippen LogP contribution in [0.2, 0.25) is 0 Å². The molecule has 72 valence electrons. The summed E-state index contributed by atoms with van der Waals surface area (Å²) in [5.41, 5.74) is 3.60. The van der Waals surface area contributed by atoms with Crippen molar-refractivity contribution >= 4 is 0 Å². The Bertz CT molecular complexity index is 507. The van der Waals surface area contributed by atoms with Gasteiger partial charge in [0.2, 0.25) is 0 Å². The fourth-order valence-electron chi connectivity index (χ4n) is 1.46. The summed E-state index contributed by atoms with van der Waals surface area (Å²) < 4.78 is 0. The fourth-order valence-corrected chi connectivity index (χ4v) is 1.46. The van der Waals surface area contributed by atoms with Crippen LogP contribution in [0.5, 0.6) is 0 Å².